The van der Waals surface area contributed by atoms with Crippen LogP contribution in [0.25, 0.3) is 0 Å². The first-order chi connectivity index (χ1) is 11.5. The fourth-order valence-electron chi connectivity index (χ4n) is 2.78. The molecule has 0 aromatic carbocycles. The molecule has 3 nitrogen and oxygen atoms in total. The fraction of sp³-hybridized carbons (Fsp3) is 0.952. The minimum absolute atomic E-state index is 0.0611. The molecule has 0 aliphatic carbocycles. The zero-order valence-electron chi connectivity index (χ0n) is 16.8. The lowest BCUT2D eigenvalue weighted by Crippen LogP contribution is -2.10. The zero-order valence-corrected chi connectivity index (χ0v) is 16.8. The molecule has 0 N–H and O–H groups in total. The number of rotatable bonds is 17. The summed E-state index contributed by atoms with van der Waals surface area (Å²) in [5.41, 5.74) is 0. The van der Waals surface area contributed by atoms with E-state index in [1.807, 2.05) is 13.8 Å². The van der Waals surface area contributed by atoms with Crippen LogP contribution in [0, 0.1) is 5.92 Å². The molecule has 0 fully saturated rings. The van der Waals surface area contributed by atoms with E-state index in [0.717, 1.165) is 18.8 Å². The largest absolute Gasteiger partial charge is 0.342 e. The van der Waals surface area contributed by atoms with Gasteiger partial charge in [0.1, 0.15) is 0 Å². The third-order valence-corrected chi connectivity index (χ3v) is 4.25. The highest BCUT2D eigenvalue weighted by atomic mass is 17.2. The first-order valence-corrected chi connectivity index (χ1v) is 10.4. The van der Waals surface area contributed by atoms with Gasteiger partial charge in [-0.25, -0.2) is 4.79 Å². The van der Waals surface area contributed by atoms with Crippen molar-refractivity contribution in [3.8, 4) is 0 Å². The molecule has 0 atom stereocenters. The molecule has 0 amide bonds. The summed E-state index contributed by atoms with van der Waals surface area (Å²) in [5.74, 6) is 0.626. The van der Waals surface area contributed by atoms with Crippen LogP contribution in [0.2, 0.25) is 0 Å². The minimum Gasteiger partial charge on any atom is -0.298 e. The maximum Gasteiger partial charge on any atom is 0.342 e. The lowest BCUT2D eigenvalue weighted by atomic mass is 10.0. The van der Waals surface area contributed by atoms with E-state index in [4.69, 9.17) is 4.89 Å². The van der Waals surface area contributed by atoms with Crippen molar-refractivity contribution in [2.24, 2.45) is 5.92 Å². The van der Waals surface area contributed by atoms with Crippen LogP contribution >= 0.6 is 0 Å². The van der Waals surface area contributed by atoms with Crippen molar-refractivity contribution in [1.82, 2.24) is 0 Å². The molecule has 0 aliphatic heterocycles. The van der Waals surface area contributed by atoms with E-state index >= 15 is 0 Å². The molecule has 0 spiro atoms. The number of carbonyl (C=O) groups excluding carboxylic acids is 1. The van der Waals surface area contributed by atoms with Gasteiger partial charge >= 0.3 is 5.97 Å². The topological polar surface area (TPSA) is 35.5 Å². The molecule has 0 aromatic rings. The Bertz CT molecular complexity index is 274. The fourth-order valence-corrected chi connectivity index (χ4v) is 2.78. The van der Waals surface area contributed by atoms with Gasteiger partial charge in [0.05, 0.1) is 6.10 Å². The molecule has 0 aliphatic rings. The van der Waals surface area contributed by atoms with Crippen LogP contribution in [0.4, 0.5) is 0 Å². The summed E-state index contributed by atoms with van der Waals surface area (Å²) in [6.07, 6.45) is 17.5. The SMILES string of the molecule is CC(C)CCCCCCCCCCCCCCC(=O)OOC(C)C. The van der Waals surface area contributed by atoms with Crippen LogP contribution in [0.1, 0.15) is 118 Å². The van der Waals surface area contributed by atoms with E-state index < -0.39 is 0 Å². The van der Waals surface area contributed by atoms with Gasteiger partial charge in [-0.05, 0) is 26.2 Å². The Labute approximate surface area is 150 Å². The Morgan fingerprint density at radius 1 is 0.667 bits per heavy atom. The summed E-state index contributed by atoms with van der Waals surface area (Å²) in [5, 5.41) is 0. The van der Waals surface area contributed by atoms with Crippen molar-refractivity contribution >= 4 is 5.97 Å². The Morgan fingerprint density at radius 3 is 1.50 bits per heavy atom. The first kappa shape index (κ1) is 23.4. The molecule has 3 heteroatoms. The second-order valence-electron chi connectivity index (χ2n) is 7.78. The van der Waals surface area contributed by atoms with Gasteiger partial charge in [-0.3, -0.25) is 4.89 Å². The highest BCUT2D eigenvalue weighted by Crippen LogP contribution is 2.14. The van der Waals surface area contributed by atoms with Gasteiger partial charge in [-0.15, -0.1) is 0 Å². The maximum absolute atomic E-state index is 11.3. The number of hydrogen-bond donors (Lipinski definition) is 0. The van der Waals surface area contributed by atoms with Gasteiger partial charge < -0.3 is 0 Å². The molecule has 0 radical (unpaired) electrons. The number of carbonyl (C=O) groups is 1. The van der Waals surface area contributed by atoms with Crippen LogP contribution in [0.5, 0.6) is 0 Å². The van der Waals surface area contributed by atoms with E-state index in [2.05, 4.69) is 18.7 Å². The molecular formula is C21H42O3. The highest BCUT2D eigenvalue weighted by molar-refractivity contribution is 5.68. The van der Waals surface area contributed by atoms with Crippen molar-refractivity contribution in [2.45, 2.75) is 124 Å². The zero-order chi connectivity index (χ0) is 18.0. The Kier molecular flexibility index (Phi) is 16.8. The molecule has 0 unspecified atom stereocenters. The molecule has 0 bridgehead atoms. The standard InChI is InChI=1S/C21H42O3/c1-19(2)17-15-13-11-9-7-5-6-8-10-12-14-16-18-21(22)24-23-20(3)4/h19-20H,5-18H2,1-4H3. The van der Waals surface area contributed by atoms with Gasteiger partial charge in [0, 0.05) is 6.42 Å². The van der Waals surface area contributed by atoms with Crippen molar-refractivity contribution < 1.29 is 14.6 Å². The first-order valence-electron chi connectivity index (χ1n) is 10.4. The van der Waals surface area contributed by atoms with Crippen molar-refractivity contribution in [3.05, 3.63) is 0 Å². The predicted molar refractivity (Wildman–Crippen MR) is 102 cm³/mol. The second-order valence-corrected chi connectivity index (χ2v) is 7.78. The lowest BCUT2D eigenvalue weighted by Gasteiger charge is -2.06. The van der Waals surface area contributed by atoms with Gasteiger partial charge in [-0.1, -0.05) is 90.9 Å². The highest BCUT2D eigenvalue weighted by Gasteiger charge is 2.05. The summed E-state index contributed by atoms with van der Waals surface area (Å²) in [6, 6.07) is 0. The molecule has 0 saturated carbocycles. The van der Waals surface area contributed by atoms with Crippen LogP contribution in [-0.2, 0) is 14.6 Å². The maximum atomic E-state index is 11.3. The van der Waals surface area contributed by atoms with E-state index in [1.165, 1.54) is 70.6 Å². The van der Waals surface area contributed by atoms with Gasteiger partial charge in [-0.2, -0.15) is 4.89 Å². The van der Waals surface area contributed by atoms with Crippen LogP contribution in [0.3, 0.4) is 0 Å². The normalized spacial score (nSPS) is 11.4. The van der Waals surface area contributed by atoms with Gasteiger partial charge in [0.2, 0.25) is 0 Å². The summed E-state index contributed by atoms with van der Waals surface area (Å²) >= 11 is 0. The Morgan fingerprint density at radius 2 is 1.08 bits per heavy atom. The quantitative estimate of drug-likeness (QED) is 0.162. The lowest BCUT2D eigenvalue weighted by molar-refractivity contribution is -0.291. The predicted octanol–water partition coefficient (Wildman–Crippen LogP) is 6.99. The smallest absolute Gasteiger partial charge is 0.298 e. The van der Waals surface area contributed by atoms with E-state index in [-0.39, 0.29) is 12.1 Å². The average molecular weight is 343 g/mol. The third kappa shape index (κ3) is 19.5. The molecule has 0 saturated heterocycles. The summed E-state index contributed by atoms with van der Waals surface area (Å²) in [6.45, 7) is 8.32. The van der Waals surface area contributed by atoms with Gasteiger partial charge in [0.25, 0.3) is 0 Å². The molecule has 0 heterocycles. The third-order valence-electron chi connectivity index (χ3n) is 4.25. The van der Waals surface area contributed by atoms with Crippen LogP contribution in [-0.4, -0.2) is 12.1 Å². The van der Waals surface area contributed by atoms with Crippen molar-refractivity contribution in [3.63, 3.8) is 0 Å². The summed E-state index contributed by atoms with van der Waals surface area (Å²) < 4.78 is 0. The van der Waals surface area contributed by atoms with E-state index in [0.29, 0.717) is 6.42 Å². The van der Waals surface area contributed by atoms with E-state index in [9.17, 15) is 4.79 Å². The monoisotopic (exact) mass is 342 g/mol. The molecule has 0 rings (SSSR count). The summed E-state index contributed by atoms with van der Waals surface area (Å²) in [4.78, 5) is 20.8. The van der Waals surface area contributed by atoms with Crippen molar-refractivity contribution in [1.29, 1.82) is 0 Å². The Balaban J connectivity index is 3.11. The van der Waals surface area contributed by atoms with Crippen molar-refractivity contribution in [2.75, 3.05) is 0 Å². The second kappa shape index (κ2) is 17.3. The number of unbranched alkanes of at least 4 members (excludes halogenated alkanes) is 11. The summed E-state index contributed by atoms with van der Waals surface area (Å²) in [7, 11) is 0. The molecule has 144 valence electrons. The average Bonchev–Trinajstić information content (AvgIpc) is 2.52. The van der Waals surface area contributed by atoms with Gasteiger partial charge in [0.15, 0.2) is 0 Å². The Hall–Kier alpha value is -0.570. The minimum atomic E-state index is -0.239. The molecule has 24 heavy (non-hydrogen) atoms. The van der Waals surface area contributed by atoms with Crippen LogP contribution in [0.15, 0.2) is 0 Å². The van der Waals surface area contributed by atoms with Crippen LogP contribution < -0.4 is 0 Å². The molecular weight excluding hydrogens is 300 g/mol. The van der Waals surface area contributed by atoms with E-state index in [1.54, 1.807) is 0 Å². The molecule has 0 aromatic heterocycles. The number of hydrogen-bond acceptors (Lipinski definition) is 3.